The molecule has 4 heteroatoms. The van der Waals surface area contributed by atoms with E-state index in [4.69, 9.17) is 19.5 Å². The second-order valence-corrected chi connectivity index (χ2v) is 7.85. The van der Waals surface area contributed by atoms with Gasteiger partial charge in [0.2, 0.25) is 0 Å². The fraction of sp³-hybridized carbons (Fsp3) is 0.895. The van der Waals surface area contributed by atoms with Crippen LogP contribution < -0.4 is 0 Å². The molecule has 2 rings (SSSR count). The minimum Gasteiger partial charge on any atom is -0.478 e. The molecule has 0 saturated carbocycles. The van der Waals surface area contributed by atoms with E-state index in [0.717, 1.165) is 37.5 Å². The lowest BCUT2D eigenvalue weighted by Gasteiger charge is -2.29. The maximum Gasteiger partial charge on any atom is 0.199 e. The molecule has 2 atom stereocenters. The Morgan fingerprint density at radius 1 is 0.870 bits per heavy atom. The zero-order valence-electron chi connectivity index (χ0n) is 15.8. The van der Waals surface area contributed by atoms with Crippen molar-refractivity contribution >= 4 is 11.8 Å². The van der Waals surface area contributed by atoms with E-state index >= 15 is 0 Å². The maximum atomic E-state index is 6.03. The molecular formula is C19H34N2O2. The smallest absolute Gasteiger partial charge is 0.199 e. The van der Waals surface area contributed by atoms with Gasteiger partial charge in [0.05, 0.1) is 12.1 Å². The fourth-order valence-corrected chi connectivity index (χ4v) is 3.63. The molecule has 0 amide bonds. The number of aliphatic imine (C=N–C) groups is 2. The first-order valence-electron chi connectivity index (χ1n) is 9.33. The summed E-state index contributed by atoms with van der Waals surface area (Å²) in [6, 6.07) is 0.576. The Morgan fingerprint density at radius 3 is 1.57 bits per heavy atom. The van der Waals surface area contributed by atoms with Gasteiger partial charge in [0, 0.05) is 0 Å². The van der Waals surface area contributed by atoms with Gasteiger partial charge in [-0.3, -0.25) is 0 Å². The van der Waals surface area contributed by atoms with Crippen molar-refractivity contribution in [3.63, 3.8) is 0 Å². The van der Waals surface area contributed by atoms with Crippen LogP contribution in [0.5, 0.6) is 0 Å². The zero-order chi connectivity index (χ0) is 17.0. The molecule has 2 aliphatic heterocycles. The summed E-state index contributed by atoms with van der Waals surface area (Å²) in [5.41, 5.74) is -0.266. The van der Waals surface area contributed by atoms with Crippen LogP contribution in [-0.4, -0.2) is 37.1 Å². The van der Waals surface area contributed by atoms with Crippen LogP contribution in [0.25, 0.3) is 0 Å². The van der Waals surface area contributed by atoms with Crippen molar-refractivity contribution in [2.45, 2.75) is 79.3 Å². The molecule has 0 N–H and O–H groups in total. The van der Waals surface area contributed by atoms with Gasteiger partial charge < -0.3 is 9.47 Å². The van der Waals surface area contributed by atoms with E-state index < -0.39 is 0 Å². The lowest BCUT2D eigenvalue weighted by molar-refractivity contribution is 0.238. The number of hydrogen-bond donors (Lipinski definition) is 0. The summed E-state index contributed by atoms with van der Waals surface area (Å²) in [5.74, 6) is 2.99. The molecular weight excluding hydrogens is 288 g/mol. The monoisotopic (exact) mass is 322 g/mol. The quantitative estimate of drug-likeness (QED) is 0.661. The molecule has 0 saturated heterocycles. The van der Waals surface area contributed by atoms with Crippen LogP contribution >= 0.6 is 0 Å². The van der Waals surface area contributed by atoms with E-state index in [0.29, 0.717) is 25.0 Å². The SMILES string of the molecule is CCC(CC)(C1=N[C@@H](CC(C)C)CO1)C1=N[C@@H](CC(C)C)CO1. The third-order valence-electron chi connectivity index (χ3n) is 4.94. The average Bonchev–Trinajstić information content (AvgIpc) is 3.11. The molecule has 132 valence electrons. The molecule has 4 nitrogen and oxygen atoms in total. The molecule has 2 aliphatic rings. The molecule has 0 bridgehead atoms. The van der Waals surface area contributed by atoms with Crippen molar-refractivity contribution in [2.24, 2.45) is 27.2 Å². The van der Waals surface area contributed by atoms with Crippen LogP contribution in [0, 0.1) is 17.3 Å². The summed E-state index contributed by atoms with van der Waals surface area (Å²) in [4.78, 5) is 9.81. The van der Waals surface area contributed by atoms with Gasteiger partial charge in [-0.2, -0.15) is 0 Å². The topological polar surface area (TPSA) is 43.2 Å². The van der Waals surface area contributed by atoms with Gasteiger partial charge in [-0.15, -0.1) is 0 Å². The van der Waals surface area contributed by atoms with Gasteiger partial charge >= 0.3 is 0 Å². The van der Waals surface area contributed by atoms with Crippen molar-refractivity contribution in [3.8, 4) is 0 Å². The van der Waals surface area contributed by atoms with Gasteiger partial charge in [0.1, 0.15) is 18.6 Å². The van der Waals surface area contributed by atoms with Crippen LogP contribution in [0.15, 0.2) is 9.98 Å². The Hall–Kier alpha value is -1.06. The summed E-state index contributed by atoms with van der Waals surface area (Å²) in [7, 11) is 0. The highest BCUT2D eigenvalue weighted by Crippen LogP contribution is 2.37. The summed E-state index contributed by atoms with van der Waals surface area (Å²) in [6.07, 6.45) is 4.00. The predicted molar refractivity (Wildman–Crippen MR) is 96.3 cm³/mol. The van der Waals surface area contributed by atoms with E-state index in [1.165, 1.54) is 0 Å². The first-order chi connectivity index (χ1) is 10.9. The molecule has 0 spiro atoms. The lowest BCUT2D eigenvalue weighted by atomic mass is 9.81. The van der Waals surface area contributed by atoms with Gasteiger partial charge in [-0.05, 0) is 37.5 Å². The van der Waals surface area contributed by atoms with E-state index in [1.54, 1.807) is 0 Å². The van der Waals surface area contributed by atoms with Crippen molar-refractivity contribution in [3.05, 3.63) is 0 Å². The minimum atomic E-state index is -0.266. The summed E-state index contributed by atoms with van der Waals surface area (Å²) < 4.78 is 12.1. The number of ether oxygens (including phenoxy) is 2. The Kier molecular flexibility index (Phi) is 6.10. The largest absolute Gasteiger partial charge is 0.478 e. The van der Waals surface area contributed by atoms with Crippen LogP contribution in [0.2, 0.25) is 0 Å². The summed E-state index contributed by atoms with van der Waals surface area (Å²) >= 11 is 0. The predicted octanol–water partition coefficient (Wildman–Crippen LogP) is 4.48. The van der Waals surface area contributed by atoms with Crippen LogP contribution in [-0.2, 0) is 9.47 Å². The zero-order valence-corrected chi connectivity index (χ0v) is 15.8. The van der Waals surface area contributed by atoms with Crippen molar-refractivity contribution in [1.29, 1.82) is 0 Å². The molecule has 0 aromatic carbocycles. The van der Waals surface area contributed by atoms with Crippen LogP contribution in [0.3, 0.4) is 0 Å². The first kappa shape index (κ1) is 18.3. The first-order valence-corrected chi connectivity index (χ1v) is 9.33. The molecule has 0 fully saturated rings. The fourth-order valence-electron chi connectivity index (χ4n) is 3.63. The summed E-state index contributed by atoms with van der Waals surface area (Å²) in [5, 5.41) is 0. The molecule has 2 heterocycles. The minimum absolute atomic E-state index is 0.266. The molecule has 23 heavy (non-hydrogen) atoms. The average molecular weight is 322 g/mol. The van der Waals surface area contributed by atoms with Gasteiger partial charge in [0.15, 0.2) is 11.8 Å². The van der Waals surface area contributed by atoms with Crippen molar-refractivity contribution in [1.82, 2.24) is 0 Å². The third-order valence-corrected chi connectivity index (χ3v) is 4.94. The Labute approximate surface area is 141 Å². The standard InChI is InChI=1S/C19H34N2O2/c1-7-19(8-2,17-20-15(11-22-17)9-13(3)4)18-21-16(12-23-18)10-14(5)6/h13-16H,7-12H2,1-6H3/t15-,16-/m0/s1. The second-order valence-electron chi connectivity index (χ2n) is 7.85. The Balaban J connectivity index is 2.20. The van der Waals surface area contributed by atoms with E-state index in [9.17, 15) is 0 Å². The van der Waals surface area contributed by atoms with Gasteiger partial charge in [-0.25, -0.2) is 9.98 Å². The van der Waals surface area contributed by atoms with E-state index in [1.807, 2.05) is 0 Å². The van der Waals surface area contributed by atoms with E-state index in [-0.39, 0.29) is 17.5 Å². The van der Waals surface area contributed by atoms with Crippen LogP contribution in [0.1, 0.15) is 67.2 Å². The normalized spacial score (nSPS) is 24.7. The number of rotatable bonds is 8. The van der Waals surface area contributed by atoms with Crippen molar-refractivity contribution in [2.75, 3.05) is 13.2 Å². The van der Waals surface area contributed by atoms with Gasteiger partial charge in [-0.1, -0.05) is 41.5 Å². The van der Waals surface area contributed by atoms with Gasteiger partial charge in [0.25, 0.3) is 0 Å². The third kappa shape index (κ3) is 4.07. The molecule has 0 aromatic rings. The number of nitrogens with zero attached hydrogens (tertiary/aromatic N) is 2. The molecule has 0 aliphatic carbocycles. The Morgan fingerprint density at radius 2 is 1.26 bits per heavy atom. The highest BCUT2D eigenvalue weighted by molar-refractivity contribution is 6.06. The van der Waals surface area contributed by atoms with Crippen LogP contribution in [0.4, 0.5) is 0 Å². The Bertz CT molecular complexity index is 412. The lowest BCUT2D eigenvalue weighted by Crippen LogP contribution is -2.39. The second kappa shape index (κ2) is 7.67. The highest BCUT2D eigenvalue weighted by atomic mass is 16.5. The highest BCUT2D eigenvalue weighted by Gasteiger charge is 2.46. The van der Waals surface area contributed by atoms with E-state index in [2.05, 4.69) is 41.5 Å². The molecule has 0 radical (unpaired) electrons. The number of hydrogen-bond acceptors (Lipinski definition) is 4. The molecule has 0 aromatic heterocycles. The summed E-state index contributed by atoms with van der Waals surface area (Å²) in [6.45, 7) is 14.7. The maximum absolute atomic E-state index is 6.03. The van der Waals surface area contributed by atoms with Crippen molar-refractivity contribution < 1.29 is 9.47 Å². The molecule has 0 unspecified atom stereocenters.